The lowest BCUT2D eigenvalue weighted by molar-refractivity contribution is -0.116. The largest absolute Gasteiger partial charge is 0.481 e. The number of hydrogen-bond donors (Lipinski definition) is 1. The fraction of sp³-hybridized carbons (Fsp3) is 0.250. The number of benzene rings is 1. The number of methoxy groups -OCH3 is 1. The van der Waals surface area contributed by atoms with Crippen LogP contribution in [0.2, 0.25) is 0 Å². The number of pyridine rings is 1. The number of rotatable bonds is 6. The smallest absolute Gasteiger partial charge is 0.224 e. The molecule has 104 valence electrons. The molecule has 1 N–H and O–H groups in total. The normalized spacial score (nSPS) is 10.1. The predicted octanol–water partition coefficient (Wildman–Crippen LogP) is 3.05. The van der Waals surface area contributed by atoms with Crippen molar-refractivity contribution in [1.29, 1.82) is 0 Å². The van der Waals surface area contributed by atoms with Crippen molar-refractivity contribution >= 4 is 11.6 Å². The minimum Gasteiger partial charge on any atom is -0.481 e. The van der Waals surface area contributed by atoms with Crippen LogP contribution in [-0.2, 0) is 11.2 Å². The van der Waals surface area contributed by atoms with E-state index in [1.54, 1.807) is 25.4 Å². The number of nitrogens with one attached hydrogen (secondary N) is 1. The van der Waals surface area contributed by atoms with E-state index in [2.05, 4.69) is 22.4 Å². The maximum Gasteiger partial charge on any atom is 0.224 e. The van der Waals surface area contributed by atoms with Crippen LogP contribution in [0.5, 0.6) is 5.88 Å². The molecule has 20 heavy (non-hydrogen) atoms. The van der Waals surface area contributed by atoms with Crippen molar-refractivity contribution in [1.82, 2.24) is 4.98 Å². The SMILES string of the molecule is COc1ccc(NC(=O)CCCc2ccccc2)cn1. The van der Waals surface area contributed by atoms with E-state index in [1.165, 1.54) is 5.56 Å². The molecule has 2 aromatic rings. The highest BCUT2D eigenvalue weighted by molar-refractivity contribution is 5.90. The predicted molar refractivity (Wildman–Crippen MR) is 78.8 cm³/mol. The summed E-state index contributed by atoms with van der Waals surface area (Å²) in [4.78, 5) is 15.8. The lowest BCUT2D eigenvalue weighted by Gasteiger charge is -2.05. The van der Waals surface area contributed by atoms with Gasteiger partial charge in [0.2, 0.25) is 11.8 Å². The summed E-state index contributed by atoms with van der Waals surface area (Å²) in [5.41, 5.74) is 1.95. The summed E-state index contributed by atoms with van der Waals surface area (Å²) >= 11 is 0. The van der Waals surface area contributed by atoms with Gasteiger partial charge in [0.25, 0.3) is 0 Å². The lowest BCUT2D eigenvalue weighted by Crippen LogP contribution is -2.11. The van der Waals surface area contributed by atoms with E-state index in [0.717, 1.165) is 12.8 Å². The number of carbonyl (C=O) groups is 1. The van der Waals surface area contributed by atoms with Gasteiger partial charge in [-0.25, -0.2) is 4.98 Å². The van der Waals surface area contributed by atoms with E-state index in [-0.39, 0.29) is 5.91 Å². The molecular weight excluding hydrogens is 252 g/mol. The molecule has 4 heteroatoms. The van der Waals surface area contributed by atoms with Crippen molar-refractivity contribution in [2.45, 2.75) is 19.3 Å². The molecular formula is C16H18N2O2. The van der Waals surface area contributed by atoms with Crippen molar-refractivity contribution in [2.75, 3.05) is 12.4 Å². The van der Waals surface area contributed by atoms with Crippen LogP contribution in [0.25, 0.3) is 0 Å². The van der Waals surface area contributed by atoms with Gasteiger partial charge in [-0.15, -0.1) is 0 Å². The average molecular weight is 270 g/mol. The van der Waals surface area contributed by atoms with Crippen molar-refractivity contribution in [3.63, 3.8) is 0 Å². The Balaban J connectivity index is 1.74. The van der Waals surface area contributed by atoms with E-state index < -0.39 is 0 Å². The van der Waals surface area contributed by atoms with Crippen LogP contribution in [0.4, 0.5) is 5.69 Å². The number of aryl methyl sites for hydroxylation is 1. The molecule has 2 rings (SSSR count). The molecule has 1 heterocycles. The zero-order valence-electron chi connectivity index (χ0n) is 11.5. The van der Waals surface area contributed by atoms with Crippen LogP contribution in [-0.4, -0.2) is 18.0 Å². The van der Waals surface area contributed by atoms with Gasteiger partial charge in [-0.3, -0.25) is 4.79 Å². The maximum absolute atomic E-state index is 11.8. The lowest BCUT2D eigenvalue weighted by atomic mass is 10.1. The summed E-state index contributed by atoms with van der Waals surface area (Å²) in [6.07, 6.45) is 3.84. The van der Waals surface area contributed by atoms with E-state index >= 15 is 0 Å². The molecule has 0 bridgehead atoms. The Kier molecular flexibility index (Phi) is 5.12. The average Bonchev–Trinajstić information content (AvgIpc) is 2.49. The monoisotopic (exact) mass is 270 g/mol. The van der Waals surface area contributed by atoms with Gasteiger partial charge in [0.1, 0.15) is 0 Å². The summed E-state index contributed by atoms with van der Waals surface area (Å²) in [6, 6.07) is 13.7. The van der Waals surface area contributed by atoms with Crippen LogP contribution in [0.3, 0.4) is 0 Å². The Morgan fingerprint density at radius 1 is 1.20 bits per heavy atom. The van der Waals surface area contributed by atoms with Crippen molar-refractivity contribution in [3.8, 4) is 5.88 Å². The van der Waals surface area contributed by atoms with E-state index in [1.807, 2.05) is 18.2 Å². The molecule has 1 aromatic carbocycles. The van der Waals surface area contributed by atoms with Gasteiger partial charge in [-0.05, 0) is 24.5 Å². The number of carbonyl (C=O) groups excluding carboxylic acids is 1. The van der Waals surface area contributed by atoms with Gasteiger partial charge in [-0.2, -0.15) is 0 Å². The minimum absolute atomic E-state index is 0.00731. The first-order chi connectivity index (χ1) is 9.78. The van der Waals surface area contributed by atoms with Crippen molar-refractivity contribution < 1.29 is 9.53 Å². The first-order valence-electron chi connectivity index (χ1n) is 6.62. The van der Waals surface area contributed by atoms with Gasteiger partial charge in [0, 0.05) is 12.5 Å². The Bertz CT molecular complexity index is 538. The summed E-state index contributed by atoms with van der Waals surface area (Å²) in [7, 11) is 1.56. The van der Waals surface area contributed by atoms with Crippen molar-refractivity contribution in [2.24, 2.45) is 0 Å². The highest BCUT2D eigenvalue weighted by Gasteiger charge is 2.03. The molecule has 0 aliphatic heterocycles. The van der Waals surface area contributed by atoms with Gasteiger partial charge < -0.3 is 10.1 Å². The summed E-state index contributed by atoms with van der Waals surface area (Å²) < 4.78 is 4.96. The second kappa shape index (κ2) is 7.28. The van der Waals surface area contributed by atoms with Crippen molar-refractivity contribution in [3.05, 3.63) is 54.2 Å². The molecule has 0 aliphatic rings. The molecule has 0 radical (unpaired) electrons. The number of hydrogen-bond acceptors (Lipinski definition) is 3. The van der Waals surface area contributed by atoms with Crippen LogP contribution in [0.1, 0.15) is 18.4 Å². The first-order valence-corrected chi connectivity index (χ1v) is 6.62. The Hall–Kier alpha value is -2.36. The number of amides is 1. The third-order valence-corrected chi connectivity index (χ3v) is 2.94. The fourth-order valence-corrected chi connectivity index (χ4v) is 1.90. The highest BCUT2D eigenvalue weighted by Crippen LogP contribution is 2.12. The molecule has 0 spiro atoms. The van der Waals surface area contributed by atoms with Crippen LogP contribution >= 0.6 is 0 Å². The number of aromatic nitrogens is 1. The first kappa shape index (κ1) is 14.1. The second-order valence-corrected chi connectivity index (χ2v) is 4.48. The standard InChI is InChI=1S/C16H18N2O2/c1-20-16-11-10-14(12-17-16)18-15(19)9-5-8-13-6-3-2-4-7-13/h2-4,6-7,10-12H,5,8-9H2,1H3,(H,18,19). The fourth-order valence-electron chi connectivity index (χ4n) is 1.90. The Labute approximate surface area is 118 Å². The molecule has 0 saturated carbocycles. The summed E-state index contributed by atoms with van der Waals surface area (Å²) in [5, 5.41) is 2.82. The van der Waals surface area contributed by atoms with E-state index in [9.17, 15) is 4.79 Å². The third-order valence-electron chi connectivity index (χ3n) is 2.94. The molecule has 0 saturated heterocycles. The molecule has 1 aromatic heterocycles. The van der Waals surface area contributed by atoms with Gasteiger partial charge in [-0.1, -0.05) is 30.3 Å². The molecule has 1 amide bonds. The maximum atomic E-state index is 11.8. The molecule has 0 atom stereocenters. The molecule has 0 unspecified atom stereocenters. The highest BCUT2D eigenvalue weighted by atomic mass is 16.5. The zero-order valence-corrected chi connectivity index (χ0v) is 11.5. The topological polar surface area (TPSA) is 51.2 Å². The van der Waals surface area contributed by atoms with Crippen LogP contribution in [0, 0.1) is 0 Å². The van der Waals surface area contributed by atoms with Gasteiger partial charge >= 0.3 is 0 Å². The quantitative estimate of drug-likeness (QED) is 0.877. The molecule has 0 fully saturated rings. The minimum atomic E-state index is 0.00731. The molecule has 4 nitrogen and oxygen atoms in total. The summed E-state index contributed by atoms with van der Waals surface area (Å²) in [6.45, 7) is 0. The van der Waals surface area contributed by atoms with Crippen LogP contribution < -0.4 is 10.1 Å². The zero-order chi connectivity index (χ0) is 14.2. The van der Waals surface area contributed by atoms with E-state index in [0.29, 0.717) is 18.0 Å². The third kappa shape index (κ3) is 4.39. The van der Waals surface area contributed by atoms with Crippen LogP contribution in [0.15, 0.2) is 48.7 Å². The van der Waals surface area contributed by atoms with Gasteiger partial charge in [0.15, 0.2) is 0 Å². The Morgan fingerprint density at radius 3 is 2.65 bits per heavy atom. The summed E-state index contributed by atoms with van der Waals surface area (Å²) in [5.74, 6) is 0.542. The molecule has 0 aliphatic carbocycles. The number of ether oxygens (including phenoxy) is 1. The number of nitrogens with zero attached hydrogens (tertiary/aromatic N) is 1. The van der Waals surface area contributed by atoms with Gasteiger partial charge in [0.05, 0.1) is 19.0 Å². The Morgan fingerprint density at radius 2 is 2.00 bits per heavy atom. The van der Waals surface area contributed by atoms with E-state index in [4.69, 9.17) is 4.74 Å². The number of anilines is 1. The second-order valence-electron chi connectivity index (χ2n) is 4.48.